The van der Waals surface area contributed by atoms with E-state index in [1.54, 1.807) is 16.7 Å². The van der Waals surface area contributed by atoms with E-state index in [-0.39, 0.29) is 17.2 Å². The third-order valence-electron chi connectivity index (χ3n) is 6.23. The molecule has 168 valence electrons. The van der Waals surface area contributed by atoms with Crippen LogP contribution in [0.3, 0.4) is 0 Å². The lowest BCUT2D eigenvalue weighted by Gasteiger charge is -2.32. The zero-order chi connectivity index (χ0) is 22.8. The lowest BCUT2D eigenvalue weighted by Crippen LogP contribution is -2.39. The lowest BCUT2D eigenvalue weighted by molar-refractivity contribution is -0.129. The Labute approximate surface area is 195 Å². The van der Waals surface area contributed by atoms with Crippen molar-refractivity contribution in [1.82, 2.24) is 24.1 Å². The summed E-state index contributed by atoms with van der Waals surface area (Å²) < 4.78 is 3.42. The molecule has 4 aromatic rings. The Morgan fingerprint density at radius 3 is 2.55 bits per heavy atom. The number of amides is 1. The predicted octanol–water partition coefficient (Wildman–Crippen LogP) is 3.73. The van der Waals surface area contributed by atoms with Crippen molar-refractivity contribution < 1.29 is 4.79 Å². The summed E-state index contributed by atoms with van der Waals surface area (Å²) in [5.41, 5.74) is 1.96. The Morgan fingerprint density at radius 2 is 1.79 bits per heavy atom. The summed E-state index contributed by atoms with van der Waals surface area (Å²) in [7, 11) is 0. The number of hydrogen-bond acceptors (Lipinski definition) is 5. The highest BCUT2D eigenvalue weighted by Crippen LogP contribution is 2.28. The molecule has 3 heterocycles. The maximum atomic E-state index is 12.9. The fourth-order valence-corrected chi connectivity index (χ4v) is 5.37. The van der Waals surface area contributed by atoms with Gasteiger partial charge in [-0.3, -0.25) is 18.6 Å². The van der Waals surface area contributed by atoms with Crippen LogP contribution in [0.2, 0.25) is 0 Å². The number of nitrogens with zero attached hydrogens (tertiary/aromatic N) is 5. The molecular formula is C25H25N5O2S. The molecule has 1 amide bonds. The van der Waals surface area contributed by atoms with Crippen LogP contribution in [0.1, 0.15) is 24.3 Å². The molecule has 0 unspecified atom stereocenters. The van der Waals surface area contributed by atoms with Crippen LogP contribution >= 0.6 is 11.8 Å². The zero-order valence-electron chi connectivity index (χ0n) is 18.3. The molecule has 2 aromatic carbocycles. The molecule has 1 fully saturated rings. The number of hydrogen-bond donors (Lipinski definition) is 0. The van der Waals surface area contributed by atoms with E-state index in [0.717, 1.165) is 31.4 Å². The maximum Gasteiger partial charge on any atom is 0.263 e. The number of para-hydroxylation sites is 1. The first-order valence-corrected chi connectivity index (χ1v) is 12.1. The standard InChI is InChI=1S/C25H25N5O2S/c1-2-14-29-23(32)20-10-6-7-11-21(20)30-24(29)26-27-25(30)33-17-22(31)28-15-12-19(13-16-28)18-8-4-3-5-9-18/h2-11,19H,1,12-17H2. The summed E-state index contributed by atoms with van der Waals surface area (Å²) in [6, 6.07) is 17.9. The summed E-state index contributed by atoms with van der Waals surface area (Å²) in [4.78, 5) is 27.8. The maximum absolute atomic E-state index is 12.9. The molecular weight excluding hydrogens is 434 g/mol. The Hall–Kier alpha value is -3.39. The molecule has 33 heavy (non-hydrogen) atoms. The van der Waals surface area contributed by atoms with Crippen LogP contribution in [-0.2, 0) is 11.3 Å². The highest BCUT2D eigenvalue weighted by atomic mass is 32.2. The molecule has 7 nitrogen and oxygen atoms in total. The van der Waals surface area contributed by atoms with Crippen LogP contribution in [0.4, 0.5) is 0 Å². The Kier molecular flexibility index (Phi) is 6.00. The van der Waals surface area contributed by atoms with E-state index in [4.69, 9.17) is 0 Å². The number of aromatic nitrogens is 4. The molecule has 1 saturated heterocycles. The summed E-state index contributed by atoms with van der Waals surface area (Å²) in [5, 5.41) is 9.76. The smallest absolute Gasteiger partial charge is 0.263 e. The van der Waals surface area contributed by atoms with Gasteiger partial charge in [0, 0.05) is 19.6 Å². The van der Waals surface area contributed by atoms with Crippen molar-refractivity contribution in [1.29, 1.82) is 0 Å². The molecule has 0 spiro atoms. The number of benzene rings is 2. The van der Waals surface area contributed by atoms with Crippen LogP contribution < -0.4 is 5.56 Å². The van der Waals surface area contributed by atoms with E-state index in [1.165, 1.54) is 17.3 Å². The van der Waals surface area contributed by atoms with Gasteiger partial charge in [-0.15, -0.1) is 16.8 Å². The SMILES string of the molecule is C=CCn1c(=O)c2ccccc2n2c(SCC(=O)N3CCC(c4ccccc4)CC3)nnc12. The average Bonchev–Trinajstić information content (AvgIpc) is 3.30. The number of rotatable bonds is 6. The van der Waals surface area contributed by atoms with Gasteiger partial charge < -0.3 is 4.90 Å². The second-order valence-electron chi connectivity index (χ2n) is 8.19. The van der Waals surface area contributed by atoms with Gasteiger partial charge >= 0.3 is 0 Å². The third kappa shape index (κ3) is 4.06. The number of allylic oxidation sites excluding steroid dienone is 1. The second kappa shape index (κ2) is 9.23. The minimum atomic E-state index is -0.126. The quantitative estimate of drug-likeness (QED) is 0.325. The van der Waals surface area contributed by atoms with Gasteiger partial charge in [-0.1, -0.05) is 60.3 Å². The van der Waals surface area contributed by atoms with Crippen LogP contribution in [-0.4, -0.2) is 48.8 Å². The number of fused-ring (bicyclic) bond motifs is 3. The molecule has 0 aliphatic carbocycles. The van der Waals surface area contributed by atoms with Crippen molar-refractivity contribution >= 4 is 34.3 Å². The van der Waals surface area contributed by atoms with Gasteiger partial charge in [0.25, 0.3) is 5.56 Å². The number of piperidine rings is 1. The second-order valence-corrected chi connectivity index (χ2v) is 9.14. The van der Waals surface area contributed by atoms with Gasteiger partial charge in [-0.2, -0.15) is 0 Å². The van der Waals surface area contributed by atoms with E-state index < -0.39 is 0 Å². The minimum absolute atomic E-state index is 0.104. The molecule has 5 rings (SSSR count). The Balaban J connectivity index is 1.34. The molecule has 0 bridgehead atoms. The fraction of sp³-hybridized carbons (Fsp3) is 0.280. The van der Waals surface area contributed by atoms with Crippen LogP contribution in [0.25, 0.3) is 16.7 Å². The first-order valence-electron chi connectivity index (χ1n) is 11.1. The molecule has 0 N–H and O–H groups in total. The normalized spacial score (nSPS) is 14.7. The van der Waals surface area contributed by atoms with Crippen molar-refractivity contribution in [3.8, 4) is 0 Å². The van der Waals surface area contributed by atoms with Gasteiger partial charge in [-0.05, 0) is 36.5 Å². The monoisotopic (exact) mass is 459 g/mol. The summed E-state index contributed by atoms with van der Waals surface area (Å²) in [6.45, 7) is 5.62. The van der Waals surface area contributed by atoms with E-state index in [9.17, 15) is 9.59 Å². The first-order chi connectivity index (χ1) is 16.2. The summed E-state index contributed by atoms with van der Waals surface area (Å²) >= 11 is 1.36. The third-order valence-corrected chi connectivity index (χ3v) is 7.15. The fourth-order valence-electron chi connectivity index (χ4n) is 4.53. The molecule has 0 radical (unpaired) electrons. The minimum Gasteiger partial charge on any atom is -0.342 e. The molecule has 2 aromatic heterocycles. The van der Waals surface area contributed by atoms with Gasteiger partial charge in [0.15, 0.2) is 5.16 Å². The first kappa shape index (κ1) is 21.5. The largest absolute Gasteiger partial charge is 0.342 e. The van der Waals surface area contributed by atoms with Gasteiger partial charge in [-0.25, -0.2) is 0 Å². The van der Waals surface area contributed by atoms with E-state index >= 15 is 0 Å². The van der Waals surface area contributed by atoms with Crippen LogP contribution in [0.15, 0.2) is 77.2 Å². The van der Waals surface area contributed by atoms with Crippen molar-refractivity contribution in [2.24, 2.45) is 0 Å². The van der Waals surface area contributed by atoms with Crippen molar-refractivity contribution in [3.63, 3.8) is 0 Å². The number of thioether (sulfide) groups is 1. The molecule has 1 aliphatic heterocycles. The van der Waals surface area contributed by atoms with E-state index in [1.807, 2.05) is 33.6 Å². The van der Waals surface area contributed by atoms with Crippen molar-refractivity contribution in [2.75, 3.05) is 18.8 Å². The van der Waals surface area contributed by atoms with Gasteiger partial charge in [0.1, 0.15) is 0 Å². The highest BCUT2D eigenvalue weighted by molar-refractivity contribution is 7.99. The van der Waals surface area contributed by atoms with Crippen LogP contribution in [0, 0.1) is 0 Å². The molecule has 0 atom stereocenters. The highest BCUT2D eigenvalue weighted by Gasteiger charge is 2.24. The Morgan fingerprint density at radius 1 is 1.06 bits per heavy atom. The molecule has 1 aliphatic rings. The Bertz CT molecular complexity index is 1370. The predicted molar refractivity (Wildman–Crippen MR) is 131 cm³/mol. The van der Waals surface area contributed by atoms with Gasteiger partial charge in [0.05, 0.1) is 16.7 Å². The number of carbonyl (C=O) groups excluding carboxylic acids is 1. The van der Waals surface area contributed by atoms with E-state index in [2.05, 4.69) is 41.0 Å². The number of carbonyl (C=O) groups is 1. The topological polar surface area (TPSA) is 72.5 Å². The lowest BCUT2D eigenvalue weighted by atomic mass is 9.89. The van der Waals surface area contributed by atoms with Gasteiger partial charge in [0.2, 0.25) is 11.7 Å². The van der Waals surface area contributed by atoms with Crippen LogP contribution in [0.5, 0.6) is 0 Å². The number of likely N-dealkylation sites (tertiary alicyclic amines) is 1. The summed E-state index contributed by atoms with van der Waals surface area (Å²) in [5.74, 6) is 1.35. The molecule has 0 saturated carbocycles. The van der Waals surface area contributed by atoms with E-state index in [0.29, 0.717) is 28.8 Å². The van der Waals surface area contributed by atoms with Crippen molar-refractivity contribution in [2.45, 2.75) is 30.5 Å². The van der Waals surface area contributed by atoms with Crippen molar-refractivity contribution in [3.05, 3.63) is 83.2 Å². The average molecular weight is 460 g/mol. The molecule has 8 heteroatoms. The summed E-state index contributed by atoms with van der Waals surface area (Å²) in [6.07, 6.45) is 3.62. The zero-order valence-corrected chi connectivity index (χ0v) is 19.1.